The van der Waals surface area contributed by atoms with Gasteiger partial charge in [0.25, 0.3) is 5.91 Å². The molecule has 0 fully saturated rings. The molecule has 1 N–H and O–H groups in total. The van der Waals surface area contributed by atoms with E-state index < -0.39 is 52.8 Å². The standard InChI is InChI=1S/C18H10F5IN4O/c19-12-3-1-10(5-9(12)8-25)17(18(21,22)23)7-15(27-28-17)16(29)26-14-4-2-11(24)6-13(14)20/h1-6,15H,7H2,(H,26,29). The molecule has 0 bridgehead atoms. The highest BCUT2D eigenvalue weighted by molar-refractivity contribution is 14.1. The van der Waals surface area contributed by atoms with Crippen molar-refractivity contribution in [1.29, 1.82) is 5.26 Å². The Hall–Kier alpha value is -2.62. The summed E-state index contributed by atoms with van der Waals surface area (Å²) in [5, 5.41) is 17.9. The fraction of sp³-hybridized carbons (Fsp3) is 0.222. The van der Waals surface area contributed by atoms with Crippen LogP contribution in [0.25, 0.3) is 0 Å². The van der Waals surface area contributed by atoms with Crippen LogP contribution in [0.15, 0.2) is 46.6 Å². The van der Waals surface area contributed by atoms with Crippen molar-refractivity contribution in [1.82, 2.24) is 0 Å². The first-order chi connectivity index (χ1) is 13.6. The maximum absolute atomic E-state index is 13.9. The topological polar surface area (TPSA) is 77.6 Å². The highest BCUT2D eigenvalue weighted by Crippen LogP contribution is 2.50. The smallest absolute Gasteiger partial charge is 0.322 e. The minimum absolute atomic E-state index is 0.205. The number of hydrogen-bond donors (Lipinski definition) is 1. The van der Waals surface area contributed by atoms with Gasteiger partial charge in [0, 0.05) is 9.99 Å². The zero-order valence-electron chi connectivity index (χ0n) is 14.3. The van der Waals surface area contributed by atoms with Gasteiger partial charge in [-0.05, 0) is 58.5 Å². The lowest BCUT2D eigenvalue weighted by atomic mass is 9.84. The van der Waals surface area contributed by atoms with E-state index in [1.807, 2.05) is 22.6 Å². The van der Waals surface area contributed by atoms with Crippen LogP contribution < -0.4 is 5.32 Å². The van der Waals surface area contributed by atoms with E-state index >= 15 is 0 Å². The third-order valence-corrected chi connectivity index (χ3v) is 5.05. The fourth-order valence-electron chi connectivity index (χ4n) is 2.86. The lowest BCUT2D eigenvalue weighted by Crippen LogP contribution is -2.41. The molecule has 29 heavy (non-hydrogen) atoms. The molecule has 0 radical (unpaired) electrons. The number of nitrogens with one attached hydrogen (secondary N) is 1. The van der Waals surface area contributed by atoms with Gasteiger partial charge in [0.05, 0.1) is 11.3 Å². The molecule has 0 saturated carbocycles. The molecule has 1 aliphatic rings. The molecule has 2 unspecified atom stereocenters. The molecule has 0 saturated heterocycles. The predicted molar refractivity (Wildman–Crippen MR) is 99.9 cm³/mol. The average molecular weight is 520 g/mol. The molecule has 2 aromatic carbocycles. The van der Waals surface area contributed by atoms with Gasteiger partial charge in [-0.3, -0.25) is 4.79 Å². The van der Waals surface area contributed by atoms with Crippen molar-refractivity contribution in [3.05, 3.63) is 62.7 Å². The summed E-state index contributed by atoms with van der Waals surface area (Å²) in [7, 11) is 0. The van der Waals surface area contributed by atoms with Gasteiger partial charge in [-0.25, -0.2) is 8.78 Å². The molecule has 1 heterocycles. The molecule has 1 aliphatic heterocycles. The van der Waals surface area contributed by atoms with E-state index in [-0.39, 0.29) is 5.69 Å². The Bertz CT molecular complexity index is 1050. The Morgan fingerprint density at radius 3 is 2.55 bits per heavy atom. The van der Waals surface area contributed by atoms with Gasteiger partial charge in [-0.2, -0.15) is 28.7 Å². The number of nitriles is 1. The molecule has 0 aliphatic carbocycles. The van der Waals surface area contributed by atoms with Crippen molar-refractivity contribution in [3.63, 3.8) is 0 Å². The maximum Gasteiger partial charge on any atom is 0.419 e. The summed E-state index contributed by atoms with van der Waals surface area (Å²) >= 11 is 1.86. The number of alkyl halides is 3. The summed E-state index contributed by atoms with van der Waals surface area (Å²) in [6, 6.07) is 6.17. The minimum atomic E-state index is -4.97. The van der Waals surface area contributed by atoms with E-state index in [1.54, 1.807) is 0 Å². The first-order valence-corrected chi connectivity index (χ1v) is 9.10. The molecule has 3 rings (SSSR count). The highest BCUT2D eigenvalue weighted by atomic mass is 127. The summed E-state index contributed by atoms with van der Waals surface area (Å²) in [4.78, 5) is 12.4. The van der Waals surface area contributed by atoms with Crippen LogP contribution in [0.1, 0.15) is 17.5 Å². The molecule has 2 aromatic rings. The number of anilines is 1. The number of hydrogen-bond acceptors (Lipinski definition) is 4. The van der Waals surface area contributed by atoms with Gasteiger partial charge in [-0.15, -0.1) is 0 Å². The van der Waals surface area contributed by atoms with E-state index in [4.69, 9.17) is 5.26 Å². The largest absolute Gasteiger partial charge is 0.419 e. The molecule has 1 amide bonds. The van der Waals surface area contributed by atoms with Crippen molar-refractivity contribution < 1.29 is 26.7 Å². The minimum Gasteiger partial charge on any atom is -0.322 e. The fourth-order valence-corrected chi connectivity index (χ4v) is 3.31. The maximum atomic E-state index is 13.9. The lowest BCUT2D eigenvalue weighted by molar-refractivity contribution is -0.188. The molecule has 0 spiro atoms. The van der Waals surface area contributed by atoms with Crippen LogP contribution >= 0.6 is 22.6 Å². The van der Waals surface area contributed by atoms with Crippen molar-refractivity contribution in [3.8, 4) is 6.07 Å². The van der Waals surface area contributed by atoms with Crippen LogP contribution in [0.2, 0.25) is 0 Å². The third kappa shape index (κ3) is 3.93. The van der Waals surface area contributed by atoms with E-state index in [1.165, 1.54) is 18.2 Å². The number of carbonyl (C=O) groups excluding carboxylic acids is 1. The number of benzene rings is 2. The summed E-state index contributed by atoms with van der Waals surface area (Å²) in [6.07, 6.45) is -5.87. The summed E-state index contributed by atoms with van der Waals surface area (Å²) in [6.45, 7) is 0. The van der Waals surface area contributed by atoms with E-state index in [0.29, 0.717) is 3.57 Å². The van der Waals surface area contributed by atoms with Gasteiger partial charge in [0.1, 0.15) is 17.7 Å². The first-order valence-electron chi connectivity index (χ1n) is 8.02. The van der Waals surface area contributed by atoms with Crippen LogP contribution in [-0.4, -0.2) is 18.1 Å². The monoisotopic (exact) mass is 520 g/mol. The molecule has 11 heteroatoms. The van der Waals surface area contributed by atoms with Crippen molar-refractivity contribution in [2.45, 2.75) is 24.2 Å². The predicted octanol–water partition coefficient (Wildman–Crippen LogP) is 5.06. The third-order valence-electron chi connectivity index (χ3n) is 4.38. The summed E-state index contributed by atoms with van der Waals surface area (Å²) in [5.74, 6) is -2.70. The van der Waals surface area contributed by atoms with Crippen LogP contribution in [0, 0.1) is 26.5 Å². The van der Waals surface area contributed by atoms with E-state index in [2.05, 4.69) is 15.5 Å². The first kappa shape index (κ1) is 21.1. The van der Waals surface area contributed by atoms with Crippen molar-refractivity contribution in [2.24, 2.45) is 10.2 Å². The Labute approximate surface area is 174 Å². The second-order valence-corrected chi connectivity index (χ2v) is 7.46. The van der Waals surface area contributed by atoms with Gasteiger partial charge < -0.3 is 5.32 Å². The van der Waals surface area contributed by atoms with Gasteiger partial charge in [0.2, 0.25) is 5.54 Å². The molecule has 2 atom stereocenters. The van der Waals surface area contributed by atoms with E-state index in [9.17, 15) is 26.7 Å². The zero-order chi connectivity index (χ0) is 21.4. The second kappa shape index (κ2) is 7.66. The number of amides is 1. The normalized spacial score (nSPS) is 21.1. The average Bonchev–Trinajstić information content (AvgIpc) is 3.11. The summed E-state index contributed by atoms with van der Waals surface area (Å²) < 4.78 is 69.7. The molecular formula is C18H10F5IN4O. The molecular weight excluding hydrogens is 510 g/mol. The van der Waals surface area contributed by atoms with Crippen LogP contribution in [0.5, 0.6) is 0 Å². The van der Waals surface area contributed by atoms with E-state index in [0.717, 1.165) is 24.3 Å². The SMILES string of the molecule is N#Cc1cc(C2(C(F)(F)F)CC(C(=O)Nc3ccc(I)cc3F)N=N2)ccc1F. The second-order valence-electron chi connectivity index (χ2n) is 6.21. The van der Waals surface area contributed by atoms with Crippen LogP contribution in [0.4, 0.5) is 27.6 Å². The Morgan fingerprint density at radius 1 is 1.21 bits per heavy atom. The number of rotatable bonds is 3. The van der Waals surface area contributed by atoms with Crippen LogP contribution in [0.3, 0.4) is 0 Å². The zero-order valence-corrected chi connectivity index (χ0v) is 16.4. The lowest BCUT2D eigenvalue weighted by Gasteiger charge is -2.28. The molecule has 5 nitrogen and oxygen atoms in total. The van der Waals surface area contributed by atoms with Crippen molar-refractivity contribution >= 4 is 34.2 Å². The number of carbonyl (C=O) groups is 1. The Balaban J connectivity index is 1.91. The number of halogens is 6. The Morgan fingerprint density at radius 2 is 1.93 bits per heavy atom. The Kier molecular flexibility index (Phi) is 5.57. The quantitative estimate of drug-likeness (QED) is 0.454. The molecule has 150 valence electrons. The highest BCUT2D eigenvalue weighted by Gasteiger charge is 2.61. The van der Waals surface area contributed by atoms with Gasteiger partial charge in [0.15, 0.2) is 6.04 Å². The number of nitrogens with zero attached hydrogens (tertiary/aromatic N) is 3. The van der Waals surface area contributed by atoms with Crippen LogP contribution in [-0.2, 0) is 10.3 Å². The number of azo groups is 1. The van der Waals surface area contributed by atoms with Crippen molar-refractivity contribution in [2.75, 3.05) is 5.32 Å². The van der Waals surface area contributed by atoms with Gasteiger partial charge >= 0.3 is 6.18 Å². The summed E-state index contributed by atoms with van der Waals surface area (Å²) in [5.41, 5.74) is -4.22. The molecule has 0 aromatic heterocycles. The van der Waals surface area contributed by atoms with Gasteiger partial charge in [-0.1, -0.05) is 6.07 Å².